The summed E-state index contributed by atoms with van der Waals surface area (Å²) in [6.45, 7) is 9.92. The van der Waals surface area contributed by atoms with E-state index in [-0.39, 0.29) is 67.2 Å². The number of hydrogen-bond acceptors (Lipinski definition) is 16. The number of primary amides is 1. The van der Waals surface area contributed by atoms with Crippen LogP contribution in [-0.4, -0.2) is 146 Å². The van der Waals surface area contributed by atoms with Gasteiger partial charge in [0.2, 0.25) is 22.9 Å². The Morgan fingerprint density at radius 2 is 1.74 bits per heavy atom. The minimum Gasteiger partial charge on any atom is -0.490 e. The molecule has 1 aliphatic carbocycles. The number of carbonyl (C=O) groups excluding carboxylic acids is 4. The smallest absolute Gasteiger partial charge is 0.262 e. The third-order valence-electron chi connectivity index (χ3n) is 14.8. The largest absolute Gasteiger partial charge is 0.490 e. The Morgan fingerprint density at radius 1 is 0.946 bits per heavy atom. The van der Waals surface area contributed by atoms with Gasteiger partial charge in [0.25, 0.3) is 5.91 Å². The fourth-order valence-corrected chi connectivity index (χ4v) is 12.7. The van der Waals surface area contributed by atoms with Gasteiger partial charge in [-0.1, -0.05) is 42.7 Å². The molecule has 0 bridgehead atoms. The number of fused-ring (bicyclic) bond motifs is 1. The molecule has 1 saturated carbocycles. The predicted octanol–water partition coefficient (Wildman–Crippen LogP) is 6.24. The molecule has 4 atom stereocenters. The van der Waals surface area contributed by atoms with Crippen molar-refractivity contribution in [1.29, 1.82) is 5.26 Å². The number of carbonyl (C=O) groups is 4. The first-order valence-electron chi connectivity index (χ1n) is 25.6. The summed E-state index contributed by atoms with van der Waals surface area (Å²) in [6, 6.07) is 17.1. The maximum absolute atomic E-state index is 14.4. The summed E-state index contributed by atoms with van der Waals surface area (Å²) in [4.78, 5) is 67.1. The van der Waals surface area contributed by atoms with E-state index >= 15 is 0 Å². The van der Waals surface area contributed by atoms with Gasteiger partial charge in [0.1, 0.15) is 24.0 Å². The molecule has 4 aliphatic rings. The molecule has 0 spiro atoms. The number of nitrogens with two attached hydrogens (primary N) is 1. The molecule has 4 amide bonds. The first kappa shape index (κ1) is 52.3. The first-order valence-corrected chi connectivity index (χ1v) is 27.4. The zero-order valence-corrected chi connectivity index (χ0v) is 44.1. The van der Waals surface area contributed by atoms with E-state index in [4.69, 9.17) is 20.2 Å². The van der Waals surface area contributed by atoms with Crippen molar-refractivity contribution in [3.63, 3.8) is 0 Å². The maximum atomic E-state index is 14.4. The van der Waals surface area contributed by atoms with Crippen molar-refractivity contribution >= 4 is 63.1 Å². The quantitative estimate of drug-likeness (QED) is 0.0778. The van der Waals surface area contributed by atoms with Gasteiger partial charge in [0.15, 0.2) is 5.01 Å². The number of rotatable bonds is 19. The molecule has 9 rings (SSSR count). The van der Waals surface area contributed by atoms with Gasteiger partial charge in [-0.2, -0.15) is 10.4 Å². The molecular weight excluding hydrogens is 979 g/mol. The second kappa shape index (κ2) is 23.3. The lowest BCUT2D eigenvalue weighted by atomic mass is 9.69. The Kier molecular flexibility index (Phi) is 16.5. The highest BCUT2D eigenvalue weighted by molar-refractivity contribution is 8.02. The Hall–Kier alpha value is -6.60. The van der Waals surface area contributed by atoms with Crippen LogP contribution in [0, 0.1) is 29.1 Å². The van der Waals surface area contributed by atoms with Crippen LogP contribution in [0.3, 0.4) is 0 Å². The number of benzene rings is 1. The second-order valence-corrected chi connectivity index (χ2v) is 21.8. The number of nitrogens with zero attached hydrogens (tertiary/aromatic N) is 10. The number of likely N-dealkylation sites (N-methyl/N-ethyl adjacent to an activating group) is 1. The fraction of sp³-hybridized carbons (Fsp3) is 0.491. The number of amides is 4. The Balaban J connectivity index is 0.726. The molecule has 19 nitrogen and oxygen atoms in total. The molecule has 3 fully saturated rings. The standard InChI is InChI=1S/C53H65N13O6S2/c1-34(2)59-41-29-42(43-15-14-38-28-35(30-54)31-58-66(38)43)57-32-40(41)47-60-61-52(74-47)63-21-19-62(20-22-63)45(67)17-24-71-25-26-72-44-13-9-8-12-39(44)48(68)65-23-27-73-50(65)37-16-18-64(33-37)49(69)46(36-10-6-5-7-11-36)53(3,56-4)51(55)70/h8-9,12-15,23,27-29,31-32,34,36-37,46,50,56H,5-7,10-11,16-22,24-26,33H2,1-4H3,(H2,55,70)(H,57,59)/t37?,46-,50?,53+/m1/s1. The van der Waals surface area contributed by atoms with E-state index in [0.29, 0.717) is 56.1 Å². The van der Waals surface area contributed by atoms with Gasteiger partial charge < -0.3 is 45.4 Å². The van der Waals surface area contributed by atoms with Crippen molar-refractivity contribution in [3.8, 4) is 33.8 Å². The van der Waals surface area contributed by atoms with Gasteiger partial charge in [-0.15, -0.1) is 22.0 Å². The Labute approximate surface area is 439 Å². The zero-order chi connectivity index (χ0) is 51.9. The number of thioether (sulfide) groups is 1. The highest BCUT2D eigenvalue weighted by Gasteiger charge is 2.50. The maximum Gasteiger partial charge on any atom is 0.262 e. The number of para-hydroxylation sites is 1. The summed E-state index contributed by atoms with van der Waals surface area (Å²) in [5, 5.41) is 32.8. The summed E-state index contributed by atoms with van der Waals surface area (Å²) < 4.78 is 13.7. The lowest BCUT2D eigenvalue weighted by Crippen LogP contribution is -2.63. The Morgan fingerprint density at radius 3 is 2.50 bits per heavy atom. The molecule has 2 unspecified atom stereocenters. The van der Waals surface area contributed by atoms with Gasteiger partial charge >= 0.3 is 0 Å². The molecule has 4 aromatic heterocycles. The van der Waals surface area contributed by atoms with Crippen LogP contribution in [0.5, 0.6) is 5.75 Å². The van der Waals surface area contributed by atoms with Gasteiger partial charge in [0, 0.05) is 69.3 Å². The number of nitrogens with one attached hydrogen (secondary N) is 2. The minimum atomic E-state index is -1.17. The van der Waals surface area contributed by atoms with E-state index in [9.17, 15) is 24.4 Å². The van der Waals surface area contributed by atoms with Crippen LogP contribution in [0.1, 0.15) is 81.6 Å². The molecule has 390 valence electrons. The molecule has 1 aromatic carbocycles. The van der Waals surface area contributed by atoms with Gasteiger partial charge in [0.05, 0.1) is 70.7 Å². The van der Waals surface area contributed by atoms with Crippen molar-refractivity contribution in [2.75, 3.05) is 76.4 Å². The molecule has 2 saturated heterocycles. The molecule has 4 N–H and O–H groups in total. The number of hydrogen-bond donors (Lipinski definition) is 3. The van der Waals surface area contributed by atoms with Crippen molar-refractivity contribution in [3.05, 3.63) is 83.7 Å². The van der Waals surface area contributed by atoms with E-state index < -0.39 is 17.4 Å². The van der Waals surface area contributed by atoms with E-state index in [1.165, 1.54) is 11.3 Å². The van der Waals surface area contributed by atoms with Crippen LogP contribution >= 0.6 is 23.1 Å². The van der Waals surface area contributed by atoms with Crippen LogP contribution in [0.4, 0.5) is 10.8 Å². The summed E-state index contributed by atoms with van der Waals surface area (Å²) >= 11 is 3.06. The van der Waals surface area contributed by atoms with Crippen molar-refractivity contribution in [2.45, 2.75) is 82.7 Å². The van der Waals surface area contributed by atoms with E-state index in [2.05, 4.69) is 50.7 Å². The normalized spacial score (nSPS) is 19.5. The second-order valence-electron chi connectivity index (χ2n) is 19.8. The Bertz CT molecular complexity index is 2910. The van der Waals surface area contributed by atoms with E-state index in [1.54, 1.807) is 71.9 Å². The first-order chi connectivity index (χ1) is 35.9. The van der Waals surface area contributed by atoms with Crippen LogP contribution in [0.15, 0.2) is 72.5 Å². The molecular formula is C53H65N13O6S2. The van der Waals surface area contributed by atoms with Gasteiger partial charge in [-0.3, -0.25) is 24.2 Å². The van der Waals surface area contributed by atoms with Crippen molar-refractivity contribution in [1.82, 2.24) is 44.8 Å². The summed E-state index contributed by atoms with van der Waals surface area (Å²) in [5.41, 5.74) is 9.74. The lowest BCUT2D eigenvalue weighted by molar-refractivity contribution is -0.145. The van der Waals surface area contributed by atoms with E-state index in [1.807, 2.05) is 45.5 Å². The summed E-state index contributed by atoms with van der Waals surface area (Å²) in [5.74, 6) is -0.773. The number of likely N-dealkylation sites (tertiary alicyclic amines) is 1. The number of pyridine rings is 1. The number of nitriles is 1. The summed E-state index contributed by atoms with van der Waals surface area (Å²) in [7, 11) is 1.70. The number of piperazine rings is 1. The highest BCUT2D eigenvalue weighted by Crippen LogP contribution is 2.42. The lowest BCUT2D eigenvalue weighted by Gasteiger charge is -2.42. The zero-order valence-electron chi connectivity index (χ0n) is 42.4. The monoisotopic (exact) mass is 1040 g/mol. The molecule has 74 heavy (non-hydrogen) atoms. The number of aromatic nitrogens is 5. The fourth-order valence-electron chi connectivity index (χ4n) is 10.7. The number of ether oxygens (including phenoxy) is 2. The van der Waals surface area contributed by atoms with Crippen molar-refractivity contribution < 1.29 is 28.7 Å². The van der Waals surface area contributed by atoms with Crippen molar-refractivity contribution in [2.24, 2.45) is 23.5 Å². The van der Waals surface area contributed by atoms with Crippen LogP contribution in [-0.2, 0) is 19.1 Å². The van der Waals surface area contributed by atoms with Crippen LogP contribution in [0.2, 0.25) is 0 Å². The molecule has 5 aromatic rings. The van der Waals surface area contributed by atoms with Crippen LogP contribution < -0.4 is 26.0 Å². The molecule has 21 heteroatoms. The topological polar surface area (TPSA) is 230 Å². The van der Waals surface area contributed by atoms with Gasteiger partial charge in [-0.05, 0) is 94.8 Å². The molecule has 0 radical (unpaired) electrons. The predicted molar refractivity (Wildman–Crippen MR) is 285 cm³/mol. The molecule has 7 heterocycles. The van der Waals surface area contributed by atoms with Gasteiger partial charge in [-0.25, -0.2) is 4.52 Å². The highest BCUT2D eigenvalue weighted by atomic mass is 32.2. The molecule has 3 aliphatic heterocycles. The summed E-state index contributed by atoms with van der Waals surface area (Å²) in [6.07, 6.45) is 11.1. The van der Waals surface area contributed by atoms with Crippen LogP contribution in [0.25, 0.3) is 27.5 Å². The SMILES string of the molecule is CN[C@](C)(C(N)=O)[C@@H](C(=O)N1CCC(C2SC=CN2C(=O)c2ccccc2OCCOCCC(=O)N2CCN(c3nnc(-c4cnc(-c5ccc6cc(C#N)cnn56)cc4NC(C)C)s3)CC2)C1)C1CCCCC1. The minimum absolute atomic E-state index is 0.0125. The third-order valence-corrected chi connectivity index (χ3v) is 17.0. The third kappa shape index (κ3) is 11.2. The average Bonchev–Trinajstić information content (AvgIpc) is 4.27. The average molecular weight is 1040 g/mol. The van der Waals surface area contributed by atoms with E-state index in [0.717, 1.165) is 76.8 Å². The number of anilines is 2.